The minimum absolute atomic E-state index is 0.187. The largest absolute Gasteiger partial charge is 0.353 e. The molecule has 2 saturated heterocycles. The quantitative estimate of drug-likeness (QED) is 0.599. The number of likely N-dealkylation sites (tertiary alicyclic amines) is 1. The zero-order valence-electron chi connectivity index (χ0n) is 8.97. The summed E-state index contributed by atoms with van der Waals surface area (Å²) >= 11 is 0. The molecule has 14 heavy (non-hydrogen) atoms. The second-order valence-electron chi connectivity index (χ2n) is 4.58. The van der Waals surface area contributed by atoms with E-state index in [2.05, 4.69) is 29.4 Å². The van der Waals surface area contributed by atoms with Gasteiger partial charge in [-0.3, -0.25) is 9.69 Å². The van der Waals surface area contributed by atoms with Crippen molar-refractivity contribution < 1.29 is 4.79 Å². The van der Waals surface area contributed by atoms with Crippen LogP contribution in [0.25, 0.3) is 0 Å². The predicted octanol–water partition coefficient (Wildman–Crippen LogP) is -0.441. The molecule has 2 N–H and O–H groups in total. The van der Waals surface area contributed by atoms with Gasteiger partial charge in [-0.15, -0.1) is 0 Å². The lowest BCUT2D eigenvalue weighted by molar-refractivity contribution is -0.128. The van der Waals surface area contributed by atoms with Gasteiger partial charge in [0.2, 0.25) is 5.91 Å². The third-order valence-corrected chi connectivity index (χ3v) is 3.34. The Bertz CT molecular complexity index is 242. The maximum Gasteiger partial charge on any atom is 0.241 e. The van der Waals surface area contributed by atoms with Crippen molar-refractivity contribution >= 4 is 5.91 Å². The van der Waals surface area contributed by atoms with Gasteiger partial charge in [0.05, 0.1) is 0 Å². The summed E-state index contributed by atoms with van der Waals surface area (Å²) in [5, 5.41) is 6.32. The van der Waals surface area contributed by atoms with Crippen LogP contribution in [0.4, 0.5) is 0 Å². The number of rotatable bonds is 1. The van der Waals surface area contributed by atoms with Crippen molar-refractivity contribution in [3.63, 3.8) is 0 Å². The Morgan fingerprint density at radius 3 is 2.79 bits per heavy atom. The summed E-state index contributed by atoms with van der Waals surface area (Å²) in [7, 11) is 0. The summed E-state index contributed by atoms with van der Waals surface area (Å²) in [4.78, 5) is 14.1. The van der Waals surface area contributed by atoms with Gasteiger partial charge in [-0.25, -0.2) is 0 Å². The third-order valence-electron chi connectivity index (χ3n) is 3.34. The van der Waals surface area contributed by atoms with Gasteiger partial charge >= 0.3 is 0 Å². The van der Waals surface area contributed by atoms with Crippen LogP contribution in [0, 0.1) is 0 Å². The van der Waals surface area contributed by atoms with E-state index in [4.69, 9.17) is 0 Å². The van der Waals surface area contributed by atoms with E-state index in [-0.39, 0.29) is 11.4 Å². The van der Waals surface area contributed by atoms with Crippen LogP contribution in [0.2, 0.25) is 0 Å². The van der Waals surface area contributed by atoms with Crippen molar-refractivity contribution in [1.29, 1.82) is 0 Å². The fraction of sp³-hybridized carbons (Fsp3) is 0.900. The number of nitrogens with one attached hydrogen (secondary N) is 2. The Labute approximate surface area is 85.0 Å². The van der Waals surface area contributed by atoms with Crippen molar-refractivity contribution in [3.8, 4) is 0 Å². The number of amides is 1. The second kappa shape index (κ2) is 3.51. The van der Waals surface area contributed by atoms with Crippen molar-refractivity contribution in [2.45, 2.75) is 31.8 Å². The predicted molar refractivity (Wildman–Crippen MR) is 55.1 cm³/mol. The minimum Gasteiger partial charge on any atom is -0.353 e. The normalized spacial score (nSPS) is 34.1. The summed E-state index contributed by atoms with van der Waals surface area (Å²) in [5.74, 6) is 0.187. The van der Waals surface area contributed by atoms with E-state index in [0.717, 1.165) is 32.6 Å². The van der Waals surface area contributed by atoms with Crippen LogP contribution in [0.3, 0.4) is 0 Å². The molecule has 0 aliphatic carbocycles. The summed E-state index contributed by atoms with van der Waals surface area (Å²) < 4.78 is 0. The standard InChI is InChI=1S/C10H19N3O/c1-8(2)13-6-3-10(7-13)9(14)11-4-5-12-10/h8,12H,3-7H2,1-2H3,(H,11,14). The Morgan fingerprint density at radius 2 is 2.21 bits per heavy atom. The molecule has 2 aliphatic heterocycles. The minimum atomic E-state index is -0.289. The molecule has 4 nitrogen and oxygen atoms in total. The van der Waals surface area contributed by atoms with Crippen LogP contribution in [-0.2, 0) is 4.79 Å². The molecule has 1 unspecified atom stereocenters. The Kier molecular flexibility index (Phi) is 2.49. The molecule has 0 saturated carbocycles. The Hall–Kier alpha value is -0.610. The SMILES string of the molecule is CC(C)N1CCC2(C1)NCCNC2=O. The zero-order chi connectivity index (χ0) is 10.2. The molecule has 0 bridgehead atoms. The van der Waals surface area contributed by atoms with E-state index in [1.165, 1.54) is 0 Å². The highest BCUT2D eigenvalue weighted by atomic mass is 16.2. The van der Waals surface area contributed by atoms with E-state index in [9.17, 15) is 4.79 Å². The third kappa shape index (κ3) is 1.53. The zero-order valence-corrected chi connectivity index (χ0v) is 8.97. The molecule has 0 aromatic heterocycles. The van der Waals surface area contributed by atoms with E-state index >= 15 is 0 Å². The topological polar surface area (TPSA) is 44.4 Å². The summed E-state index contributed by atoms with van der Waals surface area (Å²) in [6, 6.07) is 0.533. The van der Waals surface area contributed by atoms with Gasteiger partial charge in [0.1, 0.15) is 5.54 Å². The monoisotopic (exact) mass is 197 g/mol. The van der Waals surface area contributed by atoms with Crippen LogP contribution in [0.1, 0.15) is 20.3 Å². The van der Waals surface area contributed by atoms with Gasteiger partial charge in [0.25, 0.3) is 0 Å². The molecule has 2 aliphatic rings. The van der Waals surface area contributed by atoms with Crippen LogP contribution in [0.15, 0.2) is 0 Å². The van der Waals surface area contributed by atoms with Crippen molar-refractivity contribution in [2.75, 3.05) is 26.2 Å². The number of hydrogen-bond acceptors (Lipinski definition) is 3. The molecular weight excluding hydrogens is 178 g/mol. The molecule has 1 spiro atoms. The first kappa shape index (κ1) is 9.93. The van der Waals surface area contributed by atoms with Crippen molar-refractivity contribution in [2.24, 2.45) is 0 Å². The highest BCUT2D eigenvalue weighted by molar-refractivity contribution is 5.87. The average Bonchev–Trinajstić information content (AvgIpc) is 2.56. The maximum atomic E-state index is 11.8. The van der Waals surface area contributed by atoms with E-state index in [0.29, 0.717) is 6.04 Å². The van der Waals surface area contributed by atoms with Gasteiger partial charge in [-0.1, -0.05) is 0 Å². The molecular formula is C10H19N3O. The first-order valence-corrected chi connectivity index (χ1v) is 5.41. The molecule has 1 amide bonds. The number of piperazine rings is 1. The highest BCUT2D eigenvalue weighted by Crippen LogP contribution is 2.24. The van der Waals surface area contributed by atoms with E-state index < -0.39 is 0 Å². The summed E-state index contributed by atoms with van der Waals surface area (Å²) in [6.45, 7) is 7.91. The lowest BCUT2D eigenvalue weighted by Crippen LogP contribution is -2.64. The first-order chi connectivity index (χ1) is 6.64. The van der Waals surface area contributed by atoms with Gasteiger partial charge in [0, 0.05) is 32.2 Å². The van der Waals surface area contributed by atoms with E-state index in [1.54, 1.807) is 0 Å². The molecule has 0 aromatic rings. The fourth-order valence-electron chi connectivity index (χ4n) is 2.34. The molecule has 2 heterocycles. The Balaban J connectivity index is 2.07. The molecule has 0 radical (unpaired) electrons. The number of hydrogen-bond donors (Lipinski definition) is 2. The van der Waals surface area contributed by atoms with Gasteiger partial charge in [0.15, 0.2) is 0 Å². The van der Waals surface area contributed by atoms with Crippen molar-refractivity contribution in [1.82, 2.24) is 15.5 Å². The van der Waals surface area contributed by atoms with Crippen molar-refractivity contribution in [3.05, 3.63) is 0 Å². The lowest BCUT2D eigenvalue weighted by Gasteiger charge is -2.34. The molecule has 2 fully saturated rings. The first-order valence-electron chi connectivity index (χ1n) is 5.41. The van der Waals surface area contributed by atoms with Gasteiger partial charge in [-0.2, -0.15) is 0 Å². The molecule has 2 rings (SSSR count). The molecule has 80 valence electrons. The molecule has 4 heteroatoms. The summed E-state index contributed by atoms with van der Waals surface area (Å²) in [5.41, 5.74) is -0.289. The summed E-state index contributed by atoms with van der Waals surface area (Å²) in [6.07, 6.45) is 0.941. The average molecular weight is 197 g/mol. The smallest absolute Gasteiger partial charge is 0.241 e. The number of nitrogens with zero attached hydrogens (tertiary/aromatic N) is 1. The second-order valence-corrected chi connectivity index (χ2v) is 4.58. The van der Waals surface area contributed by atoms with Crippen LogP contribution >= 0.6 is 0 Å². The Morgan fingerprint density at radius 1 is 1.43 bits per heavy atom. The lowest BCUT2D eigenvalue weighted by atomic mass is 9.95. The fourth-order valence-corrected chi connectivity index (χ4v) is 2.34. The molecule has 1 atom stereocenters. The number of carbonyl (C=O) groups excluding carboxylic acids is 1. The van der Waals surface area contributed by atoms with Crippen LogP contribution in [0.5, 0.6) is 0 Å². The van der Waals surface area contributed by atoms with Crippen LogP contribution < -0.4 is 10.6 Å². The van der Waals surface area contributed by atoms with Gasteiger partial charge in [-0.05, 0) is 20.3 Å². The van der Waals surface area contributed by atoms with E-state index in [1.807, 2.05) is 0 Å². The maximum absolute atomic E-state index is 11.8. The molecule has 0 aromatic carbocycles. The van der Waals surface area contributed by atoms with Gasteiger partial charge < -0.3 is 10.6 Å². The van der Waals surface area contributed by atoms with Crippen LogP contribution in [-0.4, -0.2) is 48.6 Å². The highest BCUT2D eigenvalue weighted by Gasteiger charge is 2.45. The number of carbonyl (C=O) groups is 1.